The molecule has 0 aromatic heterocycles. The number of hydrogen-bond donors (Lipinski definition) is 1. The number of aliphatic hydroxyl groups is 1. The van der Waals surface area contributed by atoms with Crippen molar-refractivity contribution < 1.29 is 14.6 Å². The number of carbonyl (C=O) groups excluding carboxylic acids is 1. The van der Waals surface area contributed by atoms with Crippen molar-refractivity contribution in [2.45, 2.75) is 77.6 Å². The molecule has 0 heterocycles. The molecular weight excluding hydrogens is 300 g/mol. The average molecular weight is 337 g/mol. The molecule has 138 valence electrons. The maximum atomic E-state index is 11.3. The van der Waals surface area contributed by atoms with Crippen molar-refractivity contribution >= 4 is 5.97 Å². The fourth-order valence-corrected chi connectivity index (χ4v) is 2.21. The molecule has 0 saturated carbocycles. The maximum Gasteiger partial charge on any atom is 0.305 e. The zero-order chi connectivity index (χ0) is 17.7. The summed E-state index contributed by atoms with van der Waals surface area (Å²) >= 11 is 0. The SMILES string of the molecule is CC/C=C\C/C=C\C/C=C\CCCCCCCC(=O)OCCCO. The molecule has 0 amide bonds. The highest BCUT2D eigenvalue weighted by Gasteiger charge is 2.01. The molecule has 1 N–H and O–H groups in total. The number of unbranched alkanes of at least 4 members (excludes halogenated alkanes) is 5. The number of rotatable bonds is 16. The van der Waals surface area contributed by atoms with E-state index < -0.39 is 0 Å². The standard InChI is InChI=1S/C21H36O3/c1-2-3-4-5-6-7-8-9-10-11-12-13-14-15-16-18-21(23)24-20-17-19-22/h3-4,6-7,9-10,22H,2,5,8,11-20H2,1H3/b4-3-,7-6-,10-9-. The summed E-state index contributed by atoms with van der Waals surface area (Å²) in [6, 6.07) is 0. The lowest BCUT2D eigenvalue weighted by Crippen LogP contribution is -2.06. The summed E-state index contributed by atoms with van der Waals surface area (Å²) in [7, 11) is 0. The first kappa shape index (κ1) is 22.6. The van der Waals surface area contributed by atoms with E-state index in [-0.39, 0.29) is 12.6 Å². The van der Waals surface area contributed by atoms with Gasteiger partial charge in [0.25, 0.3) is 0 Å². The van der Waals surface area contributed by atoms with Crippen LogP contribution < -0.4 is 0 Å². The maximum absolute atomic E-state index is 11.3. The summed E-state index contributed by atoms with van der Waals surface area (Å²) in [4.78, 5) is 11.3. The second-order valence-electron chi connectivity index (χ2n) is 5.90. The molecule has 0 aliphatic heterocycles. The second-order valence-corrected chi connectivity index (χ2v) is 5.90. The number of esters is 1. The van der Waals surface area contributed by atoms with Gasteiger partial charge in [0.15, 0.2) is 0 Å². The fraction of sp³-hybridized carbons (Fsp3) is 0.667. The highest BCUT2D eigenvalue weighted by molar-refractivity contribution is 5.69. The molecule has 3 nitrogen and oxygen atoms in total. The van der Waals surface area contributed by atoms with Crippen molar-refractivity contribution in [1.29, 1.82) is 0 Å². The van der Waals surface area contributed by atoms with Gasteiger partial charge in [-0.1, -0.05) is 62.6 Å². The van der Waals surface area contributed by atoms with Crippen LogP contribution in [0.5, 0.6) is 0 Å². The van der Waals surface area contributed by atoms with Gasteiger partial charge in [0.2, 0.25) is 0 Å². The van der Waals surface area contributed by atoms with Gasteiger partial charge in [0, 0.05) is 19.4 Å². The van der Waals surface area contributed by atoms with Crippen LogP contribution in [0.25, 0.3) is 0 Å². The summed E-state index contributed by atoms with van der Waals surface area (Å²) in [5, 5.41) is 8.59. The van der Waals surface area contributed by atoms with Gasteiger partial charge in [-0.3, -0.25) is 4.79 Å². The minimum absolute atomic E-state index is 0.0777. The van der Waals surface area contributed by atoms with Crippen LogP contribution in [-0.4, -0.2) is 24.3 Å². The third kappa shape index (κ3) is 18.7. The molecule has 0 unspecified atom stereocenters. The molecule has 0 saturated heterocycles. The molecule has 0 aliphatic rings. The molecular formula is C21H36O3. The van der Waals surface area contributed by atoms with Crippen LogP contribution in [0.1, 0.15) is 77.6 Å². The predicted molar refractivity (Wildman–Crippen MR) is 102 cm³/mol. The van der Waals surface area contributed by atoms with Crippen molar-refractivity contribution in [2.75, 3.05) is 13.2 Å². The van der Waals surface area contributed by atoms with Gasteiger partial charge in [-0.2, -0.15) is 0 Å². The first-order chi connectivity index (χ1) is 11.8. The van der Waals surface area contributed by atoms with E-state index >= 15 is 0 Å². The van der Waals surface area contributed by atoms with Gasteiger partial charge in [-0.05, 0) is 38.5 Å². The average Bonchev–Trinajstić information content (AvgIpc) is 2.58. The lowest BCUT2D eigenvalue weighted by molar-refractivity contribution is -0.144. The quantitative estimate of drug-likeness (QED) is 0.230. The largest absolute Gasteiger partial charge is 0.466 e. The number of hydrogen-bond acceptors (Lipinski definition) is 3. The van der Waals surface area contributed by atoms with Gasteiger partial charge in [0.05, 0.1) is 6.61 Å². The van der Waals surface area contributed by atoms with E-state index in [1.165, 1.54) is 19.3 Å². The fourth-order valence-electron chi connectivity index (χ4n) is 2.21. The minimum atomic E-state index is -0.135. The summed E-state index contributed by atoms with van der Waals surface area (Å²) in [5.74, 6) is -0.135. The second kappa shape index (κ2) is 19.7. The number of ether oxygens (including phenoxy) is 1. The Balaban J connectivity index is 3.28. The van der Waals surface area contributed by atoms with Crippen molar-refractivity contribution in [1.82, 2.24) is 0 Å². The molecule has 0 radical (unpaired) electrons. The molecule has 0 spiro atoms. The molecule has 0 aliphatic carbocycles. The lowest BCUT2D eigenvalue weighted by atomic mass is 10.1. The Morgan fingerprint density at radius 3 is 2.17 bits per heavy atom. The molecule has 3 heteroatoms. The molecule has 0 aromatic carbocycles. The smallest absolute Gasteiger partial charge is 0.305 e. The Morgan fingerprint density at radius 1 is 0.833 bits per heavy atom. The molecule has 0 fully saturated rings. The van der Waals surface area contributed by atoms with Crippen molar-refractivity contribution in [3.05, 3.63) is 36.5 Å². The third-order valence-corrected chi connectivity index (χ3v) is 3.60. The number of aliphatic hydroxyl groups excluding tert-OH is 1. The lowest BCUT2D eigenvalue weighted by Gasteiger charge is -2.03. The molecule has 0 aromatic rings. The Morgan fingerprint density at radius 2 is 1.46 bits per heavy atom. The summed E-state index contributed by atoms with van der Waals surface area (Å²) in [6.07, 6.45) is 24.3. The zero-order valence-corrected chi connectivity index (χ0v) is 15.4. The van der Waals surface area contributed by atoms with E-state index in [1.54, 1.807) is 0 Å². The Hall–Kier alpha value is -1.35. The van der Waals surface area contributed by atoms with Crippen LogP contribution in [0.4, 0.5) is 0 Å². The van der Waals surface area contributed by atoms with E-state index in [2.05, 4.69) is 43.4 Å². The Labute approximate surface area is 148 Å². The van der Waals surface area contributed by atoms with E-state index in [4.69, 9.17) is 9.84 Å². The monoisotopic (exact) mass is 336 g/mol. The minimum Gasteiger partial charge on any atom is -0.466 e. The van der Waals surface area contributed by atoms with Crippen molar-refractivity contribution in [3.63, 3.8) is 0 Å². The highest BCUT2D eigenvalue weighted by Crippen LogP contribution is 2.08. The predicted octanol–water partition coefficient (Wildman–Crippen LogP) is 5.50. The molecule has 0 rings (SSSR count). The van der Waals surface area contributed by atoms with E-state index in [1.807, 2.05) is 0 Å². The normalized spacial score (nSPS) is 11.9. The summed E-state index contributed by atoms with van der Waals surface area (Å²) < 4.78 is 4.98. The third-order valence-electron chi connectivity index (χ3n) is 3.60. The molecule has 0 bridgehead atoms. The van der Waals surface area contributed by atoms with Gasteiger partial charge in [-0.15, -0.1) is 0 Å². The van der Waals surface area contributed by atoms with Crippen LogP contribution in [0.2, 0.25) is 0 Å². The first-order valence-corrected chi connectivity index (χ1v) is 9.52. The zero-order valence-electron chi connectivity index (χ0n) is 15.4. The Bertz CT molecular complexity index is 356. The molecule has 0 atom stereocenters. The van der Waals surface area contributed by atoms with Crippen LogP contribution in [0.3, 0.4) is 0 Å². The van der Waals surface area contributed by atoms with Crippen molar-refractivity contribution in [3.8, 4) is 0 Å². The summed E-state index contributed by atoms with van der Waals surface area (Å²) in [5.41, 5.74) is 0. The highest BCUT2D eigenvalue weighted by atomic mass is 16.5. The van der Waals surface area contributed by atoms with E-state index in [0.29, 0.717) is 19.4 Å². The Kier molecular flexibility index (Phi) is 18.6. The van der Waals surface area contributed by atoms with Gasteiger partial charge >= 0.3 is 5.97 Å². The molecule has 24 heavy (non-hydrogen) atoms. The number of carbonyl (C=O) groups is 1. The van der Waals surface area contributed by atoms with Gasteiger partial charge in [0.1, 0.15) is 0 Å². The summed E-state index contributed by atoms with van der Waals surface area (Å²) in [6.45, 7) is 2.57. The van der Waals surface area contributed by atoms with Gasteiger partial charge < -0.3 is 9.84 Å². The topological polar surface area (TPSA) is 46.5 Å². The van der Waals surface area contributed by atoms with E-state index in [0.717, 1.165) is 38.5 Å². The van der Waals surface area contributed by atoms with Crippen LogP contribution >= 0.6 is 0 Å². The van der Waals surface area contributed by atoms with Gasteiger partial charge in [-0.25, -0.2) is 0 Å². The first-order valence-electron chi connectivity index (χ1n) is 9.52. The van der Waals surface area contributed by atoms with Crippen molar-refractivity contribution in [2.24, 2.45) is 0 Å². The van der Waals surface area contributed by atoms with E-state index in [9.17, 15) is 4.79 Å². The van der Waals surface area contributed by atoms with Crippen LogP contribution in [0.15, 0.2) is 36.5 Å². The number of allylic oxidation sites excluding steroid dienone is 6. The van der Waals surface area contributed by atoms with Crippen LogP contribution in [-0.2, 0) is 9.53 Å². The van der Waals surface area contributed by atoms with Crippen LogP contribution in [0, 0.1) is 0 Å².